The molecule has 1 atom stereocenters. The van der Waals surface area contributed by atoms with Gasteiger partial charge in [0, 0.05) is 6.04 Å². The molecule has 1 amide bonds. The Hall–Kier alpha value is -0.610. The zero-order valence-electron chi connectivity index (χ0n) is 9.70. The number of hydrogen-bond donors (Lipinski definition) is 1. The number of amides is 1. The molecular weight excluding hydrogens is 190 g/mol. The van der Waals surface area contributed by atoms with Crippen molar-refractivity contribution in [3.63, 3.8) is 0 Å². The van der Waals surface area contributed by atoms with Crippen molar-refractivity contribution < 1.29 is 4.79 Å². The Morgan fingerprint density at radius 1 is 1.40 bits per heavy atom. The van der Waals surface area contributed by atoms with Gasteiger partial charge in [0.05, 0.1) is 12.7 Å². The van der Waals surface area contributed by atoms with Gasteiger partial charge in [-0.3, -0.25) is 10.1 Å². The monoisotopic (exact) mass is 211 g/mol. The summed E-state index contributed by atoms with van der Waals surface area (Å²) in [6.07, 6.45) is 3.16. The van der Waals surface area contributed by atoms with Gasteiger partial charge < -0.3 is 9.80 Å². The van der Waals surface area contributed by atoms with Gasteiger partial charge in [0.1, 0.15) is 0 Å². The molecule has 1 unspecified atom stereocenters. The third-order valence-electron chi connectivity index (χ3n) is 3.63. The number of piperidine rings is 1. The van der Waals surface area contributed by atoms with Crippen LogP contribution in [0.4, 0.5) is 0 Å². The van der Waals surface area contributed by atoms with E-state index < -0.39 is 0 Å². The summed E-state index contributed by atoms with van der Waals surface area (Å²) in [6, 6.07) is 0.544. The highest BCUT2D eigenvalue weighted by Crippen LogP contribution is 2.19. The quantitative estimate of drug-likeness (QED) is 0.711. The molecule has 2 rings (SSSR count). The van der Waals surface area contributed by atoms with Crippen LogP contribution in [0, 0.1) is 0 Å². The second kappa shape index (κ2) is 4.49. The molecule has 4 nitrogen and oxygen atoms in total. The van der Waals surface area contributed by atoms with E-state index in [0.717, 1.165) is 39.0 Å². The Kier molecular flexibility index (Phi) is 3.26. The topological polar surface area (TPSA) is 35.6 Å². The molecule has 0 aromatic rings. The first-order chi connectivity index (χ1) is 7.22. The normalized spacial score (nSPS) is 30.1. The van der Waals surface area contributed by atoms with Crippen LogP contribution >= 0.6 is 0 Å². The minimum Gasteiger partial charge on any atom is -0.325 e. The summed E-state index contributed by atoms with van der Waals surface area (Å²) in [5.74, 6) is 0.312. The summed E-state index contributed by atoms with van der Waals surface area (Å²) < 4.78 is 0. The van der Waals surface area contributed by atoms with Crippen molar-refractivity contribution in [3.8, 4) is 0 Å². The van der Waals surface area contributed by atoms with E-state index >= 15 is 0 Å². The fraction of sp³-hybridized carbons (Fsp3) is 0.909. The van der Waals surface area contributed by atoms with Crippen molar-refractivity contribution in [2.45, 2.75) is 38.3 Å². The molecule has 15 heavy (non-hydrogen) atoms. The molecule has 0 aromatic carbocycles. The summed E-state index contributed by atoms with van der Waals surface area (Å²) in [5, 5.41) is 3.28. The van der Waals surface area contributed by atoms with Gasteiger partial charge in [-0.15, -0.1) is 0 Å². The minimum absolute atomic E-state index is 0.0738. The van der Waals surface area contributed by atoms with Gasteiger partial charge in [-0.05, 0) is 39.4 Å². The highest BCUT2D eigenvalue weighted by atomic mass is 16.2. The Morgan fingerprint density at radius 3 is 2.60 bits per heavy atom. The molecule has 0 aliphatic carbocycles. The molecule has 4 heteroatoms. The number of rotatable bonds is 2. The molecule has 1 N–H and O–H groups in total. The summed E-state index contributed by atoms with van der Waals surface area (Å²) in [5.41, 5.74) is 0. The maximum atomic E-state index is 12.0. The second-order valence-corrected chi connectivity index (χ2v) is 4.67. The van der Waals surface area contributed by atoms with Crippen LogP contribution in [0.1, 0.15) is 26.2 Å². The van der Waals surface area contributed by atoms with Crippen LogP contribution in [0.2, 0.25) is 0 Å². The van der Waals surface area contributed by atoms with Gasteiger partial charge in [0.25, 0.3) is 0 Å². The lowest BCUT2D eigenvalue weighted by molar-refractivity contribution is -0.131. The van der Waals surface area contributed by atoms with Crippen molar-refractivity contribution in [3.05, 3.63) is 0 Å². The SMILES string of the molecule is CCC1NCN(C2CCN(C)CC2)C1=O. The molecule has 2 saturated heterocycles. The first kappa shape index (κ1) is 10.9. The van der Waals surface area contributed by atoms with Gasteiger partial charge in [-0.1, -0.05) is 6.92 Å². The number of hydrogen-bond acceptors (Lipinski definition) is 3. The van der Waals surface area contributed by atoms with E-state index in [-0.39, 0.29) is 6.04 Å². The summed E-state index contributed by atoms with van der Waals surface area (Å²) in [4.78, 5) is 16.3. The first-order valence-electron chi connectivity index (χ1n) is 5.94. The lowest BCUT2D eigenvalue weighted by Gasteiger charge is -2.34. The summed E-state index contributed by atoms with van der Waals surface area (Å²) in [7, 11) is 2.15. The summed E-state index contributed by atoms with van der Waals surface area (Å²) in [6.45, 7) is 5.05. The number of carbonyl (C=O) groups is 1. The maximum Gasteiger partial charge on any atom is 0.241 e. The fourth-order valence-corrected chi connectivity index (χ4v) is 2.51. The van der Waals surface area contributed by atoms with Crippen molar-refractivity contribution in [2.24, 2.45) is 0 Å². The zero-order valence-corrected chi connectivity index (χ0v) is 9.70. The summed E-state index contributed by atoms with van der Waals surface area (Å²) >= 11 is 0. The van der Waals surface area contributed by atoms with Crippen LogP contribution in [-0.2, 0) is 4.79 Å². The van der Waals surface area contributed by atoms with E-state index in [9.17, 15) is 4.79 Å². The smallest absolute Gasteiger partial charge is 0.241 e. The molecule has 2 fully saturated rings. The van der Waals surface area contributed by atoms with Gasteiger partial charge in [0.15, 0.2) is 0 Å². The highest BCUT2D eigenvalue weighted by molar-refractivity contribution is 5.84. The predicted octanol–water partition coefficient (Wildman–Crippen LogP) is 0.248. The van der Waals surface area contributed by atoms with Crippen LogP contribution in [0.5, 0.6) is 0 Å². The molecule has 0 spiro atoms. The van der Waals surface area contributed by atoms with Crippen molar-refractivity contribution in [1.29, 1.82) is 0 Å². The van der Waals surface area contributed by atoms with E-state index in [2.05, 4.69) is 24.2 Å². The molecule has 2 aliphatic rings. The van der Waals surface area contributed by atoms with Crippen molar-refractivity contribution >= 4 is 5.91 Å². The number of likely N-dealkylation sites (tertiary alicyclic amines) is 1. The fourth-order valence-electron chi connectivity index (χ4n) is 2.51. The van der Waals surface area contributed by atoms with Gasteiger partial charge >= 0.3 is 0 Å². The van der Waals surface area contributed by atoms with E-state index in [1.807, 2.05) is 4.90 Å². The van der Waals surface area contributed by atoms with Crippen LogP contribution < -0.4 is 5.32 Å². The first-order valence-corrected chi connectivity index (χ1v) is 5.94. The van der Waals surface area contributed by atoms with Crippen molar-refractivity contribution in [1.82, 2.24) is 15.1 Å². The van der Waals surface area contributed by atoms with Crippen LogP contribution in [0.15, 0.2) is 0 Å². The Morgan fingerprint density at radius 2 is 2.07 bits per heavy atom. The van der Waals surface area contributed by atoms with Crippen LogP contribution in [-0.4, -0.2) is 54.6 Å². The van der Waals surface area contributed by atoms with E-state index in [4.69, 9.17) is 0 Å². The molecule has 0 aromatic heterocycles. The molecular formula is C11H21N3O. The standard InChI is InChI=1S/C11H21N3O/c1-3-10-11(15)14(8-12-10)9-4-6-13(2)7-5-9/h9-10,12H,3-8H2,1-2H3. The van der Waals surface area contributed by atoms with E-state index in [1.165, 1.54) is 0 Å². The molecule has 2 aliphatic heterocycles. The number of carbonyl (C=O) groups excluding carboxylic acids is 1. The van der Waals surface area contributed by atoms with Crippen LogP contribution in [0.25, 0.3) is 0 Å². The predicted molar refractivity (Wildman–Crippen MR) is 59.4 cm³/mol. The Balaban J connectivity index is 1.92. The largest absolute Gasteiger partial charge is 0.325 e. The second-order valence-electron chi connectivity index (χ2n) is 4.67. The lowest BCUT2D eigenvalue weighted by Crippen LogP contribution is -2.45. The van der Waals surface area contributed by atoms with Crippen molar-refractivity contribution in [2.75, 3.05) is 26.8 Å². The average molecular weight is 211 g/mol. The zero-order chi connectivity index (χ0) is 10.8. The van der Waals surface area contributed by atoms with Crippen LogP contribution in [0.3, 0.4) is 0 Å². The highest BCUT2D eigenvalue weighted by Gasteiger charge is 2.35. The molecule has 0 saturated carbocycles. The Labute approximate surface area is 91.6 Å². The van der Waals surface area contributed by atoms with E-state index in [1.54, 1.807) is 0 Å². The average Bonchev–Trinajstić information content (AvgIpc) is 2.61. The maximum absolute atomic E-state index is 12.0. The lowest BCUT2D eigenvalue weighted by atomic mass is 10.0. The number of nitrogens with one attached hydrogen (secondary N) is 1. The van der Waals surface area contributed by atoms with Gasteiger partial charge in [0.2, 0.25) is 5.91 Å². The molecule has 0 bridgehead atoms. The van der Waals surface area contributed by atoms with Gasteiger partial charge in [-0.2, -0.15) is 0 Å². The Bertz CT molecular complexity index is 236. The third kappa shape index (κ3) is 2.16. The molecule has 2 heterocycles. The number of nitrogens with zero attached hydrogens (tertiary/aromatic N) is 2. The molecule has 86 valence electrons. The van der Waals surface area contributed by atoms with Gasteiger partial charge in [-0.25, -0.2) is 0 Å². The minimum atomic E-state index is 0.0738. The third-order valence-corrected chi connectivity index (χ3v) is 3.63. The molecule has 0 radical (unpaired) electrons. The van der Waals surface area contributed by atoms with E-state index in [0.29, 0.717) is 11.9 Å².